The third kappa shape index (κ3) is 3.36. The number of benzene rings is 2. The lowest BCUT2D eigenvalue weighted by atomic mass is 10.2. The molecule has 1 aromatic heterocycles. The van der Waals surface area contributed by atoms with Gasteiger partial charge in [0, 0.05) is 26.2 Å². The smallest absolute Gasteiger partial charge is 0.238 e. The molecular formula is C18H18FN5O2. The number of piperazine rings is 1. The zero-order chi connectivity index (χ0) is 17.9. The van der Waals surface area contributed by atoms with Gasteiger partial charge in [-0.05, 0) is 34.6 Å². The average Bonchev–Trinajstić information content (AvgIpc) is 3.13. The van der Waals surface area contributed by atoms with Crippen LogP contribution in [0.15, 0.2) is 47.1 Å². The van der Waals surface area contributed by atoms with E-state index in [4.69, 9.17) is 4.63 Å². The number of amides is 1. The van der Waals surface area contributed by atoms with Gasteiger partial charge in [0.15, 0.2) is 5.52 Å². The molecule has 26 heavy (non-hydrogen) atoms. The normalized spacial score (nSPS) is 15.3. The molecule has 3 aromatic rings. The number of para-hydroxylation sites is 1. The van der Waals surface area contributed by atoms with Gasteiger partial charge in [0.2, 0.25) is 5.91 Å². The molecule has 0 unspecified atom stereocenters. The molecule has 0 bridgehead atoms. The standard InChI is InChI=1S/C18H18FN5O2/c19-13-4-1-2-7-16(13)24-10-8-23(9-11-24)12-17(25)20-14-5-3-6-15-18(14)22-26-21-15/h1-7H,8-12H2,(H,20,25). The maximum Gasteiger partial charge on any atom is 0.238 e. The summed E-state index contributed by atoms with van der Waals surface area (Å²) < 4.78 is 18.6. The Labute approximate surface area is 149 Å². The van der Waals surface area contributed by atoms with E-state index in [1.165, 1.54) is 6.07 Å². The first-order chi connectivity index (χ1) is 12.7. The van der Waals surface area contributed by atoms with Crippen molar-refractivity contribution in [3.8, 4) is 0 Å². The second-order valence-corrected chi connectivity index (χ2v) is 6.20. The summed E-state index contributed by atoms with van der Waals surface area (Å²) in [6.07, 6.45) is 0. The minimum absolute atomic E-state index is 0.125. The Morgan fingerprint density at radius 1 is 1.08 bits per heavy atom. The van der Waals surface area contributed by atoms with Crippen molar-refractivity contribution in [1.29, 1.82) is 0 Å². The number of nitrogens with one attached hydrogen (secondary N) is 1. The van der Waals surface area contributed by atoms with Crippen LogP contribution in [0.1, 0.15) is 0 Å². The summed E-state index contributed by atoms with van der Waals surface area (Å²) >= 11 is 0. The lowest BCUT2D eigenvalue weighted by Gasteiger charge is -2.35. The maximum absolute atomic E-state index is 13.9. The molecule has 8 heteroatoms. The van der Waals surface area contributed by atoms with Crippen LogP contribution in [0.4, 0.5) is 15.8 Å². The van der Waals surface area contributed by atoms with Gasteiger partial charge in [-0.1, -0.05) is 18.2 Å². The number of rotatable bonds is 4. The van der Waals surface area contributed by atoms with Crippen LogP contribution in [-0.2, 0) is 4.79 Å². The number of halogens is 1. The molecule has 1 N–H and O–H groups in total. The lowest BCUT2D eigenvalue weighted by molar-refractivity contribution is -0.117. The van der Waals surface area contributed by atoms with E-state index in [2.05, 4.69) is 15.6 Å². The van der Waals surface area contributed by atoms with Gasteiger partial charge in [-0.15, -0.1) is 0 Å². The Morgan fingerprint density at radius 3 is 2.69 bits per heavy atom. The van der Waals surface area contributed by atoms with E-state index in [-0.39, 0.29) is 18.3 Å². The first-order valence-corrected chi connectivity index (χ1v) is 8.44. The van der Waals surface area contributed by atoms with Crippen molar-refractivity contribution < 1.29 is 13.8 Å². The fourth-order valence-electron chi connectivity index (χ4n) is 3.15. The van der Waals surface area contributed by atoms with Gasteiger partial charge in [-0.25, -0.2) is 9.02 Å². The summed E-state index contributed by atoms with van der Waals surface area (Å²) in [6, 6.07) is 12.1. The highest BCUT2D eigenvalue weighted by molar-refractivity contribution is 5.99. The van der Waals surface area contributed by atoms with Crippen LogP contribution >= 0.6 is 0 Å². The third-order valence-electron chi connectivity index (χ3n) is 4.49. The fourth-order valence-corrected chi connectivity index (χ4v) is 3.15. The Morgan fingerprint density at radius 2 is 1.88 bits per heavy atom. The molecule has 1 fully saturated rings. The largest absolute Gasteiger partial charge is 0.367 e. The number of fused-ring (bicyclic) bond motifs is 1. The van der Waals surface area contributed by atoms with Crippen LogP contribution < -0.4 is 10.2 Å². The molecule has 0 saturated carbocycles. The topological polar surface area (TPSA) is 74.5 Å². The first kappa shape index (κ1) is 16.5. The third-order valence-corrected chi connectivity index (χ3v) is 4.49. The van der Waals surface area contributed by atoms with Crippen molar-refractivity contribution in [3.05, 3.63) is 48.3 Å². The highest BCUT2D eigenvalue weighted by Gasteiger charge is 2.21. The predicted octanol–water partition coefficient (Wildman–Crippen LogP) is 2.12. The summed E-state index contributed by atoms with van der Waals surface area (Å²) in [7, 11) is 0. The molecule has 1 saturated heterocycles. The zero-order valence-electron chi connectivity index (χ0n) is 14.1. The van der Waals surface area contributed by atoms with E-state index >= 15 is 0 Å². The Balaban J connectivity index is 1.34. The highest BCUT2D eigenvalue weighted by Crippen LogP contribution is 2.21. The second kappa shape index (κ2) is 7.09. The Hall–Kier alpha value is -3.00. The van der Waals surface area contributed by atoms with Crippen LogP contribution in [0.25, 0.3) is 11.0 Å². The lowest BCUT2D eigenvalue weighted by Crippen LogP contribution is -2.48. The van der Waals surface area contributed by atoms with E-state index in [1.54, 1.807) is 30.3 Å². The second-order valence-electron chi connectivity index (χ2n) is 6.20. The van der Waals surface area contributed by atoms with E-state index in [9.17, 15) is 9.18 Å². The van der Waals surface area contributed by atoms with E-state index in [0.29, 0.717) is 48.6 Å². The van der Waals surface area contributed by atoms with Gasteiger partial charge >= 0.3 is 0 Å². The van der Waals surface area contributed by atoms with Crippen molar-refractivity contribution in [2.45, 2.75) is 0 Å². The van der Waals surface area contributed by atoms with Gasteiger partial charge in [0.05, 0.1) is 17.9 Å². The molecule has 134 valence electrons. The minimum Gasteiger partial charge on any atom is -0.367 e. The number of hydrogen-bond donors (Lipinski definition) is 1. The average molecular weight is 355 g/mol. The Bertz CT molecular complexity index is 921. The molecule has 2 aromatic carbocycles. The summed E-state index contributed by atoms with van der Waals surface area (Å²) in [5.74, 6) is -0.340. The molecule has 0 atom stereocenters. The van der Waals surface area contributed by atoms with Crippen LogP contribution in [0.2, 0.25) is 0 Å². The van der Waals surface area contributed by atoms with E-state index < -0.39 is 0 Å². The minimum atomic E-state index is -0.215. The van der Waals surface area contributed by atoms with Crippen molar-refractivity contribution in [3.63, 3.8) is 0 Å². The van der Waals surface area contributed by atoms with Crippen molar-refractivity contribution in [2.24, 2.45) is 0 Å². The Kier molecular flexibility index (Phi) is 4.49. The molecule has 0 aliphatic carbocycles. The first-order valence-electron chi connectivity index (χ1n) is 8.44. The molecule has 4 rings (SSSR count). The predicted molar refractivity (Wildman–Crippen MR) is 95.5 cm³/mol. The number of anilines is 2. The summed E-state index contributed by atoms with van der Waals surface area (Å²) in [5.41, 5.74) is 2.33. The molecular weight excluding hydrogens is 337 g/mol. The van der Waals surface area contributed by atoms with Gasteiger partial charge < -0.3 is 10.2 Å². The molecule has 0 radical (unpaired) electrons. The molecule has 2 heterocycles. The van der Waals surface area contributed by atoms with Crippen LogP contribution in [-0.4, -0.2) is 53.8 Å². The summed E-state index contributed by atoms with van der Waals surface area (Å²) in [6.45, 7) is 3.01. The number of carbonyl (C=O) groups is 1. The number of nitrogens with zero attached hydrogens (tertiary/aromatic N) is 4. The van der Waals surface area contributed by atoms with Crippen molar-refractivity contribution in [2.75, 3.05) is 42.9 Å². The monoisotopic (exact) mass is 355 g/mol. The zero-order valence-corrected chi connectivity index (χ0v) is 14.1. The molecule has 1 amide bonds. The number of carbonyl (C=O) groups excluding carboxylic acids is 1. The van der Waals surface area contributed by atoms with Crippen LogP contribution in [0.5, 0.6) is 0 Å². The SMILES string of the molecule is O=C(CN1CCN(c2ccccc2F)CC1)Nc1cccc2nonc12. The maximum atomic E-state index is 13.9. The van der Waals surface area contributed by atoms with Gasteiger partial charge in [0.1, 0.15) is 11.3 Å². The van der Waals surface area contributed by atoms with Crippen molar-refractivity contribution in [1.82, 2.24) is 15.2 Å². The summed E-state index contributed by atoms with van der Waals surface area (Å²) in [4.78, 5) is 16.4. The van der Waals surface area contributed by atoms with Crippen LogP contribution in [0.3, 0.4) is 0 Å². The number of aromatic nitrogens is 2. The van der Waals surface area contributed by atoms with E-state index in [1.807, 2.05) is 15.9 Å². The van der Waals surface area contributed by atoms with Crippen molar-refractivity contribution >= 4 is 28.3 Å². The van der Waals surface area contributed by atoms with Crippen LogP contribution in [0, 0.1) is 5.82 Å². The molecule has 7 nitrogen and oxygen atoms in total. The quantitative estimate of drug-likeness (QED) is 0.773. The number of hydrogen-bond acceptors (Lipinski definition) is 6. The summed E-state index contributed by atoms with van der Waals surface area (Å²) in [5, 5.41) is 10.4. The van der Waals surface area contributed by atoms with Gasteiger partial charge in [-0.3, -0.25) is 9.69 Å². The van der Waals surface area contributed by atoms with Gasteiger partial charge in [-0.2, -0.15) is 0 Å². The molecule has 1 aliphatic rings. The molecule has 0 spiro atoms. The van der Waals surface area contributed by atoms with Gasteiger partial charge in [0.25, 0.3) is 0 Å². The van der Waals surface area contributed by atoms with E-state index in [0.717, 1.165) is 0 Å². The molecule has 1 aliphatic heterocycles. The fraction of sp³-hybridized carbons (Fsp3) is 0.278. The highest BCUT2D eigenvalue weighted by atomic mass is 19.1.